The molecular formula is C14H16BrN3O2. The zero-order valence-electron chi connectivity index (χ0n) is 11.3. The number of aromatic nitrogens is 2. The summed E-state index contributed by atoms with van der Waals surface area (Å²) < 4.78 is 8.23. The maximum Gasteiger partial charge on any atom is 0.261 e. The van der Waals surface area contributed by atoms with Gasteiger partial charge in [-0.3, -0.25) is 9.48 Å². The van der Waals surface area contributed by atoms with Gasteiger partial charge < -0.3 is 10.1 Å². The first-order valence-electron chi connectivity index (χ1n) is 6.23. The van der Waals surface area contributed by atoms with E-state index >= 15 is 0 Å². The molecule has 0 aliphatic heterocycles. The van der Waals surface area contributed by atoms with Crippen LogP contribution in [-0.4, -0.2) is 21.8 Å². The van der Waals surface area contributed by atoms with E-state index in [4.69, 9.17) is 4.74 Å². The first kappa shape index (κ1) is 14.6. The molecule has 0 bridgehead atoms. The van der Waals surface area contributed by atoms with Gasteiger partial charge in [0.1, 0.15) is 5.75 Å². The average Bonchev–Trinajstić information content (AvgIpc) is 2.81. The lowest BCUT2D eigenvalue weighted by Gasteiger charge is -2.15. The molecule has 1 aromatic heterocycles. The summed E-state index contributed by atoms with van der Waals surface area (Å²) in [4.78, 5) is 12.0. The normalized spacial score (nSPS) is 11.9. The summed E-state index contributed by atoms with van der Waals surface area (Å²) in [6, 6.07) is 9.26. The van der Waals surface area contributed by atoms with Gasteiger partial charge in [-0.15, -0.1) is 0 Å². The number of hydrogen-bond donors (Lipinski definition) is 1. The molecule has 5 nitrogen and oxygen atoms in total. The lowest BCUT2D eigenvalue weighted by molar-refractivity contribution is -0.127. The third kappa shape index (κ3) is 3.84. The minimum Gasteiger partial charge on any atom is -0.481 e. The molecule has 1 aromatic carbocycles. The highest BCUT2D eigenvalue weighted by Crippen LogP contribution is 2.18. The molecule has 1 atom stereocenters. The first-order chi connectivity index (χ1) is 9.56. The molecule has 0 fully saturated rings. The highest BCUT2D eigenvalue weighted by Gasteiger charge is 2.14. The second-order valence-corrected chi connectivity index (χ2v) is 5.30. The zero-order chi connectivity index (χ0) is 14.5. The Kier molecular flexibility index (Phi) is 4.79. The summed E-state index contributed by atoms with van der Waals surface area (Å²) in [5.74, 6) is 0.494. The summed E-state index contributed by atoms with van der Waals surface area (Å²) >= 11 is 3.36. The van der Waals surface area contributed by atoms with Crippen molar-refractivity contribution in [1.29, 1.82) is 0 Å². The fourth-order valence-electron chi connectivity index (χ4n) is 1.69. The van der Waals surface area contributed by atoms with Crippen LogP contribution >= 0.6 is 15.9 Å². The third-order valence-electron chi connectivity index (χ3n) is 2.84. The van der Waals surface area contributed by atoms with E-state index in [0.29, 0.717) is 12.3 Å². The maximum atomic E-state index is 12.0. The van der Waals surface area contributed by atoms with Crippen molar-refractivity contribution in [3.05, 3.63) is 46.7 Å². The van der Waals surface area contributed by atoms with E-state index in [9.17, 15) is 4.79 Å². The number of benzene rings is 1. The molecule has 0 spiro atoms. The Morgan fingerprint density at radius 2 is 2.30 bits per heavy atom. The van der Waals surface area contributed by atoms with Crippen molar-refractivity contribution in [2.24, 2.45) is 7.05 Å². The second-order valence-electron chi connectivity index (χ2n) is 4.38. The minimum atomic E-state index is -0.558. The number of amides is 1. The van der Waals surface area contributed by atoms with Crippen LogP contribution in [0.4, 0.5) is 0 Å². The predicted molar refractivity (Wildman–Crippen MR) is 79.3 cm³/mol. The quantitative estimate of drug-likeness (QED) is 0.910. The summed E-state index contributed by atoms with van der Waals surface area (Å²) in [5.41, 5.74) is 0.938. The number of nitrogens with zero attached hydrogens (tertiary/aromatic N) is 2. The van der Waals surface area contributed by atoms with E-state index in [1.807, 2.05) is 37.4 Å². The Labute approximate surface area is 126 Å². The zero-order valence-corrected chi connectivity index (χ0v) is 12.9. The van der Waals surface area contributed by atoms with E-state index in [2.05, 4.69) is 26.3 Å². The largest absolute Gasteiger partial charge is 0.481 e. The van der Waals surface area contributed by atoms with Crippen LogP contribution in [-0.2, 0) is 18.4 Å². The number of hydrogen-bond acceptors (Lipinski definition) is 3. The fraction of sp³-hybridized carbons (Fsp3) is 0.286. The second kappa shape index (κ2) is 6.56. The van der Waals surface area contributed by atoms with Crippen molar-refractivity contribution in [2.45, 2.75) is 19.6 Å². The molecule has 0 saturated carbocycles. The van der Waals surface area contributed by atoms with Crippen LogP contribution in [0, 0.1) is 0 Å². The van der Waals surface area contributed by atoms with E-state index < -0.39 is 6.10 Å². The Hall–Kier alpha value is -1.82. The maximum absolute atomic E-state index is 12.0. The van der Waals surface area contributed by atoms with Crippen molar-refractivity contribution < 1.29 is 9.53 Å². The molecular weight excluding hydrogens is 322 g/mol. The molecule has 20 heavy (non-hydrogen) atoms. The summed E-state index contributed by atoms with van der Waals surface area (Å²) in [7, 11) is 1.84. The molecule has 1 heterocycles. The molecule has 0 radical (unpaired) electrons. The molecule has 106 valence electrons. The van der Waals surface area contributed by atoms with Crippen LogP contribution in [0.25, 0.3) is 0 Å². The van der Waals surface area contributed by atoms with Gasteiger partial charge in [0.15, 0.2) is 6.10 Å². The molecule has 6 heteroatoms. The van der Waals surface area contributed by atoms with Crippen LogP contribution in [0.15, 0.2) is 41.0 Å². The van der Waals surface area contributed by atoms with E-state index in [1.54, 1.807) is 17.8 Å². The van der Waals surface area contributed by atoms with E-state index in [1.165, 1.54) is 0 Å². The number of carbonyl (C=O) groups is 1. The standard InChI is InChI=1S/C14H16BrN3O2/c1-10(20-13-5-3-4-11(15)8-13)14(19)16-9-12-6-7-17-18(12)2/h3-8,10H,9H2,1-2H3,(H,16,19)/t10-/m0/s1. The Morgan fingerprint density at radius 1 is 1.50 bits per heavy atom. The molecule has 0 aliphatic carbocycles. The summed E-state index contributed by atoms with van der Waals surface area (Å²) in [6.45, 7) is 2.15. The Morgan fingerprint density at radius 3 is 2.95 bits per heavy atom. The SMILES string of the molecule is C[C@H](Oc1cccc(Br)c1)C(=O)NCc1ccnn1C. The Bertz CT molecular complexity index is 598. The van der Waals surface area contributed by atoms with Gasteiger partial charge in [0, 0.05) is 17.7 Å². The average molecular weight is 338 g/mol. The predicted octanol–water partition coefficient (Wildman–Crippen LogP) is 2.27. The van der Waals surface area contributed by atoms with Gasteiger partial charge in [0.25, 0.3) is 5.91 Å². The van der Waals surface area contributed by atoms with Crippen molar-refractivity contribution in [3.63, 3.8) is 0 Å². The smallest absolute Gasteiger partial charge is 0.261 e. The van der Waals surface area contributed by atoms with Gasteiger partial charge in [-0.05, 0) is 31.2 Å². The van der Waals surface area contributed by atoms with Gasteiger partial charge in [0.2, 0.25) is 0 Å². The highest BCUT2D eigenvalue weighted by molar-refractivity contribution is 9.10. The van der Waals surface area contributed by atoms with Crippen LogP contribution in [0.5, 0.6) is 5.75 Å². The molecule has 1 N–H and O–H groups in total. The van der Waals surface area contributed by atoms with Gasteiger partial charge in [0.05, 0.1) is 12.2 Å². The minimum absolute atomic E-state index is 0.161. The fourth-order valence-corrected chi connectivity index (χ4v) is 2.07. The topological polar surface area (TPSA) is 56.1 Å². The summed E-state index contributed by atoms with van der Waals surface area (Å²) in [5, 5.41) is 6.87. The lowest BCUT2D eigenvalue weighted by atomic mass is 10.3. The van der Waals surface area contributed by atoms with Gasteiger partial charge in [-0.2, -0.15) is 5.10 Å². The number of halogens is 1. The Balaban J connectivity index is 1.87. The molecule has 0 unspecified atom stereocenters. The number of ether oxygens (including phenoxy) is 1. The van der Waals surface area contributed by atoms with E-state index in [-0.39, 0.29) is 5.91 Å². The molecule has 0 saturated heterocycles. The van der Waals surface area contributed by atoms with Gasteiger partial charge in [-0.1, -0.05) is 22.0 Å². The van der Waals surface area contributed by atoms with Gasteiger partial charge in [-0.25, -0.2) is 0 Å². The third-order valence-corrected chi connectivity index (χ3v) is 3.34. The number of aryl methyl sites for hydroxylation is 1. The molecule has 2 rings (SSSR count). The van der Waals surface area contributed by atoms with Crippen LogP contribution in [0.2, 0.25) is 0 Å². The van der Waals surface area contributed by atoms with Crippen molar-refractivity contribution in [3.8, 4) is 5.75 Å². The van der Waals surface area contributed by atoms with Crippen molar-refractivity contribution in [1.82, 2.24) is 15.1 Å². The van der Waals surface area contributed by atoms with Crippen LogP contribution in [0.1, 0.15) is 12.6 Å². The molecule has 1 amide bonds. The van der Waals surface area contributed by atoms with Crippen LogP contribution in [0.3, 0.4) is 0 Å². The molecule has 0 aliphatic rings. The highest BCUT2D eigenvalue weighted by atomic mass is 79.9. The van der Waals surface area contributed by atoms with Crippen LogP contribution < -0.4 is 10.1 Å². The molecule has 2 aromatic rings. The van der Waals surface area contributed by atoms with Gasteiger partial charge >= 0.3 is 0 Å². The first-order valence-corrected chi connectivity index (χ1v) is 7.02. The number of carbonyl (C=O) groups excluding carboxylic acids is 1. The summed E-state index contributed by atoms with van der Waals surface area (Å²) in [6.07, 6.45) is 1.14. The number of nitrogens with one attached hydrogen (secondary N) is 1. The lowest BCUT2D eigenvalue weighted by Crippen LogP contribution is -2.36. The number of rotatable bonds is 5. The van der Waals surface area contributed by atoms with Crippen molar-refractivity contribution >= 4 is 21.8 Å². The van der Waals surface area contributed by atoms with E-state index in [0.717, 1.165) is 10.2 Å². The monoisotopic (exact) mass is 337 g/mol. The van der Waals surface area contributed by atoms with Crippen molar-refractivity contribution in [2.75, 3.05) is 0 Å².